The highest BCUT2D eigenvalue weighted by atomic mass is 16.3. The molecule has 4 nitrogen and oxygen atoms in total. The average molecular weight is 741 g/mol. The molecule has 13 rings (SSSR count). The highest BCUT2D eigenvalue weighted by molar-refractivity contribution is 6.16. The number of benzene rings is 9. The number of hydrogen-bond donors (Lipinski definition) is 2. The molecule has 0 fully saturated rings. The molecule has 0 aliphatic carbocycles. The van der Waals surface area contributed by atoms with Crippen LogP contribution in [0.2, 0.25) is 0 Å². The van der Waals surface area contributed by atoms with Gasteiger partial charge in [-0.2, -0.15) is 0 Å². The number of fused-ring (bicyclic) bond motifs is 12. The highest BCUT2D eigenvalue weighted by Crippen LogP contribution is 2.41. The monoisotopic (exact) mass is 740 g/mol. The second-order valence-electron chi connectivity index (χ2n) is 15.5. The molecule has 0 unspecified atom stereocenters. The summed E-state index contributed by atoms with van der Waals surface area (Å²) in [5.74, 6) is 0. The SMILES string of the molecule is c1ccc(-c2ccc3[nH]c4ccc(-c5ccc6c(c5)oc5cc7oc8cc(-c9ccc%10[nH]c%11ccc(-c%12ccccc%12)cc%11c%10c9)ccc8c7cc56)cc4c3c2)cc1. The Morgan fingerprint density at radius 3 is 0.948 bits per heavy atom. The minimum Gasteiger partial charge on any atom is -0.456 e. The number of rotatable bonds is 4. The third kappa shape index (κ3) is 4.76. The Morgan fingerprint density at radius 2 is 0.552 bits per heavy atom. The predicted molar refractivity (Wildman–Crippen MR) is 241 cm³/mol. The summed E-state index contributed by atoms with van der Waals surface area (Å²) in [5, 5.41) is 9.21. The van der Waals surface area contributed by atoms with E-state index < -0.39 is 0 Å². The van der Waals surface area contributed by atoms with Gasteiger partial charge in [-0.05, 0) is 123 Å². The van der Waals surface area contributed by atoms with Crippen molar-refractivity contribution in [3.63, 3.8) is 0 Å². The number of aromatic amines is 2. The van der Waals surface area contributed by atoms with Gasteiger partial charge < -0.3 is 18.8 Å². The minimum absolute atomic E-state index is 0.819. The summed E-state index contributed by atoms with van der Waals surface area (Å²) in [6.07, 6.45) is 0. The Labute approximate surface area is 331 Å². The van der Waals surface area contributed by atoms with Crippen molar-refractivity contribution in [2.75, 3.05) is 0 Å². The summed E-state index contributed by atoms with van der Waals surface area (Å²) in [4.78, 5) is 7.22. The van der Waals surface area contributed by atoms with Gasteiger partial charge >= 0.3 is 0 Å². The lowest BCUT2D eigenvalue weighted by molar-refractivity contribution is 0.656. The molecule has 13 aromatic rings. The van der Waals surface area contributed by atoms with E-state index >= 15 is 0 Å². The van der Waals surface area contributed by atoms with Gasteiger partial charge in [0.1, 0.15) is 22.3 Å². The quantitative estimate of drug-likeness (QED) is 0.189. The summed E-state index contributed by atoms with van der Waals surface area (Å²) < 4.78 is 13.1. The Bertz CT molecular complexity index is 3540. The molecule has 4 heteroatoms. The third-order valence-electron chi connectivity index (χ3n) is 12.1. The maximum Gasteiger partial charge on any atom is 0.139 e. The highest BCUT2D eigenvalue weighted by Gasteiger charge is 2.16. The van der Waals surface area contributed by atoms with E-state index in [0.29, 0.717) is 0 Å². The molecule has 0 saturated heterocycles. The summed E-state index contributed by atoms with van der Waals surface area (Å²) in [7, 11) is 0. The molecule has 0 aliphatic heterocycles. The van der Waals surface area contributed by atoms with E-state index in [9.17, 15) is 0 Å². The average Bonchev–Trinajstić information content (AvgIpc) is 4.04. The van der Waals surface area contributed by atoms with Crippen LogP contribution in [0.25, 0.3) is 132 Å². The zero-order valence-corrected chi connectivity index (χ0v) is 31.1. The van der Waals surface area contributed by atoms with E-state index in [0.717, 1.165) is 88.2 Å². The van der Waals surface area contributed by atoms with Crippen molar-refractivity contribution in [3.05, 3.63) is 182 Å². The topological polar surface area (TPSA) is 57.9 Å². The zero-order chi connectivity index (χ0) is 37.9. The van der Waals surface area contributed by atoms with Gasteiger partial charge in [0.05, 0.1) is 0 Å². The maximum absolute atomic E-state index is 6.56. The molecule has 0 saturated carbocycles. The lowest BCUT2D eigenvalue weighted by Gasteiger charge is -2.04. The van der Waals surface area contributed by atoms with Crippen molar-refractivity contribution in [1.29, 1.82) is 0 Å². The molecule has 0 atom stereocenters. The van der Waals surface area contributed by atoms with E-state index in [4.69, 9.17) is 8.83 Å². The van der Waals surface area contributed by atoms with Gasteiger partial charge in [-0.25, -0.2) is 0 Å². The van der Waals surface area contributed by atoms with Crippen LogP contribution in [-0.2, 0) is 0 Å². The van der Waals surface area contributed by atoms with Crippen LogP contribution in [-0.4, -0.2) is 9.97 Å². The zero-order valence-electron chi connectivity index (χ0n) is 31.1. The first-order chi connectivity index (χ1) is 28.7. The second-order valence-corrected chi connectivity index (χ2v) is 15.5. The molecule has 58 heavy (non-hydrogen) atoms. The van der Waals surface area contributed by atoms with Crippen molar-refractivity contribution in [2.45, 2.75) is 0 Å². The summed E-state index contributed by atoms with van der Waals surface area (Å²) in [6, 6.07) is 65.2. The van der Waals surface area contributed by atoms with Crippen LogP contribution in [0.5, 0.6) is 0 Å². The van der Waals surface area contributed by atoms with Gasteiger partial charge in [0, 0.05) is 71.2 Å². The number of furan rings is 2. The Hall–Kier alpha value is -7.82. The van der Waals surface area contributed by atoms with Crippen LogP contribution >= 0.6 is 0 Å². The first-order valence-electron chi connectivity index (χ1n) is 19.7. The fourth-order valence-electron chi connectivity index (χ4n) is 9.18. The van der Waals surface area contributed by atoms with Crippen molar-refractivity contribution >= 4 is 87.5 Å². The van der Waals surface area contributed by atoms with Crippen LogP contribution in [0.1, 0.15) is 0 Å². The Balaban J connectivity index is 0.863. The van der Waals surface area contributed by atoms with Crippen LogP contribution in [0.3, 0.4) is 0 Å². The lowest BCUT2D eigenvalue weighted by atomic mass is 9.99. The molecular formula is C54H32N2O2. The van der Waals surface area contributed by atoms with Gasteiger partial charge in [0.2, 0.25) is 0 Å². The van der Waals surface area contributed by atoms with Crippen molar-refractivity contribution in [3.8, 4) is 44.5 Å². The second kappa shape index (κ2) is 11.8. The first kappa shape index (κ1) is 31.4. The van der Waals surface area contributed by atoms with Gasteiger partial charge in [-0.3, -0.25) is 0 Å². The number of aromatic nitrogens is 2. The summed E-state index contributed by atoms with van der Waals surface area (Å²) in [6.45, 7) is 0. The fraction of sp³-hybridized carbons (Fsp3) is 0. The number of hydrogen-bond acceptors (Lipinski definition) is 2. The van der Waals surface area contributed by atoms with Crippen LogP contribution < -0.4 is 0 Å². The van der Waals surface area contributed by atoms with Crippen molar-refractivity contribution in [2.24, 2.45) is 0 Å². The van der Waals surface area contributed by atoms with E-state index in [2.05, 4.69) is 192 Å². The molecule has 0 amide bonds. The third-order valence-corrected chi connectivity index (χ3v) is 12.1. The first-order valence-corrected chi connectivity index (χ1v) is 19.7. The molecule has 0 aliphatic rings. The standard InChI is InChI=1S/C54H32N2O2/c1-3-7-31(8-4-1)33-13-19-47-41(23-33)43-25-35(15-21-49(43)55-47)37-11-17-39-45-29-46-40-18-12-38(28-52(40)58-54(46)30-53(45)57-51(39)27-37)36-16-22-50-44(26-36)42-24-34(14-20-48(42)56-50)32-9-5-2-6-10-32/h1-30,55-56H. The molecule has 4 heterocycles. The minimum atomic E-state index is 0.819. The molecule has 9 aromatic carbocycles. The van der Waals surface area contributed by atoms with Gasteiger partial charge in [0.15, 0.2) is 0 Å². The van der Waals surface area contributed by atoms with Crippen LogP contribution in [0.4, 0.5) is 0 Å². The van der Waals surface area contributed by atoms with Crippen LogP contribution in [0, 0.1) is 0 Å². The van der Waals surface area contributed by atoms with E-state index in [1.807, 2.05) is 0 Å². The fourth-order valence-corrected chi connectivity index (χ4v) is 9.18. The van der Waals surface area contributed by atoms with Gasteiger partial charge in [-0.1, -0.05) is 97.1 Å². The van der Waals surface area contributed by atoms with Gasteiger partial charge in [0.25, 0.3) is 0 Å². The van der Waals surface area contributed by atoms with E-state index in [1.54, 1.807) is 0 Å². The lowest BCUT2D eigenvalue weighted by Crippen LogP contribution is -1.79. The van der Waals surface area contributed by atoms with E-state index in [-0.39, 0.29) is 0 Å². The Kier molecular flexibility index (Phi) is 6.41. The smallest absolute Gasteiger partial charge is 0.139 e. The molecule has 0 bridgehead atoms. The van der Waals surface area contributed by atoms with Gasteiger partial charge in [-0.15, -0.1) is 0 Å². The number of nitrogens with one attached hydrogen (secondary N) is 2. The van der Waals surface area contributed by atoms with Crippen molar-refractivity contribution < 1.29 is 8.83 Å². The normalized spacial score (nSPS) is 12.1. The maximum atomic E-state index is 6.56. The molecule has 0 radical (unpaired) electrons. The largest absolute Gasteiger partial charge is 0.456 e. The molecule has 270 valence electrons. The van der Waals surface area contributed by atoms with E-state index in [1.165, 1.54) is 43.8 Å². The van der Waals surface area contributed by atoms with Crippen molar-refractivity contribution in [1.82, 2.24) is 9.97 Å². The molecular weight excluding hydrogens is 709 g/mol. The van der Waals surface area contributed by atoms with Crippen LogP contribution in [0.15, 0.2) is 191 Å². The molecule has 0 spiro atoms. The summed E-state index contributed by atoms with van der Waals surface area (Å²) >= 11 is 0. The predicted octanol–water partition coefficient (Wildman–Crippen LogP) is 15.4. The molecule has 4 aromatic heterocycles. The molecule has 2 N–H and O–H groups in total. The summed E-state index contributed by atoms with van der Waals surface area (Å²) in [5.41, 5.74) is 17.3. The number of H-pyrrole nitrogens is 2. The Morgan fingerprint density at radius 1 is 0.224 bits per heavy atom.